The Kier molecular flexibility index (Phi) is 12.9. The van der Waals surface area contributed by atoms with Crippen molar-refractivity contribution >= 4 is 87.2 Å². The molecular weight excluding hydrogens is 773 g/mol. The number of carbonyl (C=O) groups is 3. The summed E-state index contributed by atoms with van der Waals surface area (Å²) in [5, 5.41) is 16.1. The number of halogens is 5. The zero-order chi connectivity index (χ0) is 38.6. The summed E-state index contributed by atoms with van der Waals surface area (Å²) in [5.41, 5.74) is 8.05. The lowest BCUT2D eigenvalue weighted by Gasteiger charge is -2.19. The highest BCUT2D eigenvalue weighted by Crippen LogP contribution is 2.24. The van der Waals surface area contributed by atoms with E-state index >= 15 is 0 Å². The number of carbonyl (C=O) groups excluding carboxylic acids is 3. The second-order valence-corrected chi connectivity index (χ2v) is 13.1. The van der Waals surface area contributed by atoms with Crippen LogP contribution >= 0.6 is 35.6 Å². The Morgan fingerprint density at radius 2 is 1.24 bits per heavy atom. The van der Waals surface area contributed by atoms with Crippen LogP contribution in [-0.4, -0.2) is 63.0 Å². The minimum atomic E-state index is -0.694. The lowest BCUT2D eigenvalue weighted by molar-refractivity contribution is 0.0634. The molecule has 0 saturated heterocycles. The van der Waals surface area contributed by atoms with Gasteiger partial charge in [0, 0.05) is 27.2 Å². The summed E-state index contributed by atoms with van der Waals surface area (Å²) >= 11 is 11.5. The van der Waals surface area contributed by atoms with Crippen molar-refractivity contribution in [2.45, 2.75) is 39.5 Å². The van der Waals surface area contributed by atoms with Crippen LogP contribution in [0, 0.1) is 11.6 Å². The van der Waals surface area contributed by atoms with Crippen molar-refractivity contribution in [2.75, 3.05) is 11.1 Å². The van der Waals surface area contributed by atoms with E-state index in [2.05, 4.69) is 46.1 Å². The van der Waals surface area contributed by atoms with Gasteiger partial charge >= 0.3 is 6.09 Å². The van der Waals surface area contributed by atoms with Gasteiger partial charge in [0.1, 0.15) is 52.0 Å². The van der Waals surface area contributed by atoms with Crippen molar-refractivity contribution in [2.24, 2.45) is 14.1 Å². The maximum absolute atomic E-state index is 13.3. The fraction of sp³-hybridized carbons (Fsp3) is 0.242. The zero-order valence-electron chi connectivity index (χ0n) is 29.2. The van der Waals surface area contributed by atoms with Gasteiger partial charge in [-0.2, -0.15) is 10.2 Å². The number of nitrogens with two attached hydrogens (primary N) is 1. The van der Waals surface area contributed by atoms with Crippen LogP contribution in [0.3, 0.4) is 0 Å². The van der Waals surface area contributed by atoms with Crippen molar-refractivity contribution in [1.29, 1.82) is 0 Å². The first-order chi connectivity index (χ1) is 25.0. The summed E-state index contributed by atoms with van der Waals surface area (Å²) in [5.74, 6) is -1.59. The molecule has 54 heavy (non-hydrogen) atoms. The fourth-order valence-electron chi connectivity index (χ4n) is 4.89. The lowest BCUT2D eigenvalue weighted by atomic mass is 10.2. The number of amides is 3. The van der Waals surface area contributed by atoms with E-state index in [1.807, 2.05) is 0 Å². The number of rotatable bonds is 7. The number of nitrogens with zero attached hydrogens (tertiary/aromatic N) is 8. The second-order valence-electron chi connectivity index (χ2n) is 12.3. The zero-order valence-corrected chi connectivity index (χ0v) is 31.6. The summed E-state index contributed by atoms with van der Waals surface area (Å²) in [6, 6.07) is 8.41. The third-order valence-electron chi connectivity index (χ3n) is 7.19. The molecule has 0 aliphatic rings. The molecule has 21 heteroatoms. The Morgan fingerprint density at radius 1 is 0.778 bits per heavy atom. The topological polar surface area (TPSA) is 210 Å². The smallest absolute Gasteiger partial charge is 0.413 e. The Labute approximate surface area is 322 Å². The molecule has 4 heterocycles. The number of fused-ring (bicyclic) bond motifs is 2. The molecule has 0 bridgehead atoms. The molecule has 0 unspecified atom stereocenters. The van der Waals surface area contributed by atoms with Crippen LogP contribution in [0.4, 0.5) is 25.2 Å². The van der Waals surface area contributed by atoms with Gasteiger partial charge in [0.25, 0.3) is 11.8 Å². The third-order valence-corrected chi connectivity index (χ3v) is 7.77. The Hall–Kier alpha value is -5.72. The molecule has 0 saturated carbocycles. The molecular formula is C33H33Cl3F2N12O4. The van der Waals surface area contributed by atoms with Gasteiger partial charge in [-0.25, -0.2) is 33.5 Å². The second kappa shape index (κ2) is 17.0. The number of anilines is 2. The molecule has 0 atom stereocenters. The van der Waals surface area contributed by atoms with Crippen LogP contribution in [0.1, 0.15) is 52.9 Å². The van der Waals surface area contributed by atoms with E-state index in [0.29, 0.717) is 27.7 Å². The molecule has 284 valence electrons. The summed E-state index contributed by atoms with van der Waals surface area (Å²) in [6.45, 7) is 5.51. The van der Waals surface area contributed by atoms with Crippen molar-refractivity contribution in [3.8, 4) is 0 Å². The predicted molar refractivity (Wildman–Crippen MR) is 199 cm³/mol. The van der Waals surface area contributed by atoms with Crippen molar-refractivity contribution < 1.29 is 27.9 Å². The normalized spacial score (nSPS) is 11.0. The SMILES string of the molecule is Cl.Cn1nc(N)c2ncnc(C(=O)NCc3ccc(F)c(Cl)c3)c21.Cn1nc(NC(=O)OC(C)(C)C)c2ncnc(C(=O)NCc3ccc(F)c(Cl)c3)c21. The highest BCUT2D eigenvalue weighted by molar-refractivity contribution is 6.31. The minimum Gasteiger partial charge on any atom is -0.444 e. The van der Waals surface area contributed by atoms with Crippen LogP contribution in [0.5, 0.6) is 0 Å². The molecule has 4 aromatic heterocycles. The molecule has 6 aromatic rings. The molecule has 5 N–H and O–H groups in total. The van der Waals surface area contributed by atoms with Crippen LogP contribution in [0.25, 0.3) is 22.1 Å². The molecule has 0 radical (unpaired) electrons. The average Bonchev–Trinajstić information content (AvgIpc) is 3.58. The van der Waals surface area contributed by atoms with Gasteiger partial charge in [0.05, 0.1) is 10.0 Å². The Bertz CT molecular complexity index is 2370. The maximum Gasteiger partial charge on any atom is 0.413 e. The summed E-state index contributed by atoms with van der Waals surface area (Å²) in [4.78, 5) is 53.3. The standard InChI is InChI=1S/C19H20ClFN6O3.C14H12ClFN6O.ClH/c1-19(2,3)30-18(29)25-16-13-15(27(4)26-16)14(24-9-23-13)17(28)22-8-10-5-6-12(21)11(20)7-10;1-22-12-10(13(17)21-22)19-6-20-11(12)14(23)18-5-7-2-3-9(16)8(15)4-7;/h5-7,9H,8H2,1-4H3,(H,22,28)(H,25,26,29);2-4,6H,5H2,1H3,(H2,17,21)(H,18,23);1H. The quantitative estimate of drug-likeness (QED) is 0.158. The summed E-state index contributed by atoms with van der Waals surface area (Å²) in [7, 11) is 3.25. The van der Waals surface area contributed by atoms with Gasteiger partial charge in [-0.3, -0.25) is 24.3 Å². The third kappa shape index (κ3) is 9.63. The van der Waals surface area contributed by atoms with Crippen LogP contribution in [0.2, 0.25) is 10.0 Å². The maximum atomic E-state index is 13.3. The molecule has 6 rings (SSSR count). The van der Waals surface area contributed by atoms with Crippen molar-refractivity contribution in [3.63, 3.8) is 0 Å². The van der Waals surface area contributed by atoms with E-state index in [-0.39, 0.29) is 64.1 Å². The molecule has 0 aliphatic heterocycles. The Balaban J connectivity index is 0.000000244. The largest absolute Gasteiger partial charge is 0.444 e. The van der Waals surface area contributed by atoms with E-state index in [9.17, 15) is 23.2 Å². The Morgan fingerprint density at radius 3 is 1.72 bits per heavy atom. The molecule has 16 nitrogen and oxygen atoms in total. The first kappa shape index (κ1) is 41.0. The van der Waals surface area contributed by atoms with Crippen LogP contribution < -0.4 is 21.7 Å². The molecule has 0 fully saturated rings. The van der Waals surface area contributed by atoms with Gasteiger partial charge < -0.3 is 21.1 Å². The van der Waals surface area contributed by atoms with E-state index in [0.717, 1.165) is 0 Å². The van der Waals surface area contributed by atoms with E-state index in [1.165, 1.54) is 52.4 Å². The highest BCUT2D eigenvalue weighted by Gasteiger charge is 2.23. The average molecular weight is 806 g/mol. The lowest BCUT2D eigenvalue weighted by Crippen LogP contribution is -2.27. The number of aryl methyl sites for hydroxylation is 2. The van der Waals surface area contributed by atoms with Crippen molar-refractivity contribution in [1.82, 2.24) is 50.1 Å². The number of nitrogen functional groups attached to an aromatic ring is 1. The first-order valence-electron chi connectivity index (χ1n) is 15.6. The summed E-state index contributed by atoms with van der Waals surface area (Å²) < 4.78 is 34.5. The number of aromatic nitrogens is 8. The van der Waals surface area contributed by atoms with Crippen LogP contribution in [-0.2, 0) is 31.9 Å². The number of benzene rings is 2. The molecule has 0 aliphatic carbocycles. The minimum absolute atomic E-state index is 0. The van der Waals surface area contributed by atoms with Gasteiger partial charge in [0.15, 0.2) is 23.0 Å². The summed E-state index contributed by atoms with van der Waals surface area (Å²) in [6.07, 6.45) is 1.76. The van der Waals surface area contributed by atoms with Crippen molar-refractivity contribution in [3.05, 3.63) is 93.2 Å². The predicted octanol–water partition coefficient (Wildman–Crippen LogP) is 5.52. The van der Waals surface area contributed by atoms with Gasteiger partial charge in [0.2, 0.25) is 0 Å². The highest BCUT2D eigenvalue weighted by atomic mass is 35.5. The number of nitrogens with one attached hydrogen (secondary N) is 3. The number of hydrogen-bond acceptors (Lipinski definition) is 11. The molecule has 0 spiro atoms. The van der Waals surface area contributed by atoms with E-state index in [4.69, 9.17) is 33.7 Å². The fourth-order valence-corrected chi connectivity index (χ4v) is 5.29. The monoisotopic (exact) mass is 804 g/mol. The van der Waals surface area contributed by atoms with Gasteiger partial charge in [-0.05, 0) is 56.2 Å². The van der Waals surface area contributed by atoms with Gasteiger partial charge in [-0.1, -0.05) is 35.3 Å². The number of hydrogen-bond donors (Lipinski definition) is 4. The molecule has 3 amide bonds. The van der Waals surface area contributed by atoms with E-state index in [1.54, 1.807) is 40.9 Å². The van der Waals surface area contributed by atoms with E-state index < -0.39 is 35.1 Å². The van der Waals surface area contributed by atoms with Gasteiger partial charge in [-0.15, -0.1) is 12.4 Å². The van der Waals surface area contributed by atoms with Crippen LogP contribution in [0.15, 0.2) is 49.1 Å². The first-order valence-corrected chi connectivity index (χ1v) is 16.3. The number of ether oxygens (including phenoxy) is 1. The molecule has 2 aromatic carbocycles.